The summed E-state index contributed by atoms with van der Waals surface area (Å²) < 4.78 is 6.23. The number of benzene rings is 1. The molecular weight excluding hydrogens is 232 g/mol. The Labute approximate surface area is 86.7 Å². The molecule has 0 aliphatic rings. The Morgan fingerprint density at radius 3 is 2.38 bits per heavy atom. The Bertz CT molecular complexity index is 302. The van der Waals surface area contributed by atoms with Crippen LogP contribution in [0.1, 0.15) is 20.8 Å². The molecule has 0 saturated carbocycles. The maximum absolute atomic E-state index is 9.37. The van der Waals surface area contributed by atoms with Gasteiger partial charge in [0.2, 0.25) is 0 Å². The highest BCUT2D eigenvalue weighted by Crippen LogP contribution is 2.29. The first kappa shape index (κ1) is 10.4. The highest BCUT2D eigenvalue weighted by atomic mass is 79.9. The second kappa shape index (κ2) is 3.58. The Morgan fingerprint density at radius 1 is 1.31 bits per heavy atom. The molecule has 0 saturated heterocycles. The van der Waals surface area contributed by atoms with Gasteiger partial charge in [0.25, 0.3) is 0 Å². The molecule has 0 aromatic heterocycles. The summed E-state index contributed by atoms with van der Waals surface area (Å²) in [4.78, 5) is 0. The predicted octanol–water partition coefficient (Wildman–Crippen LogP) is 3.33. The van der Waals surface area contributed by atoms with E-state index < -0.39 is 0 Å². The molecule has 0 radical (unpaired) electrons. The molecular formula is C10H13BrO2. The van der Waals surface area contributed by atoms with Crippen molar-refractivity contribution in [3.63, 3.8) is 0 Å². The largest absolute Gasteiger partial charge is 0.507 e. The molecule has 72 valence electrons. The molecule has 0 aliphatic heterocycles. The van der Waals surface area contributed by atoms with Crippen LogP contribution in [0.15, 0.2) is 22.7 Å². The Hall–Kier alpha value is -0.700. The van der Waals surface area contributed by atoms with Gasteiger partial charge < -0.3 is 9.84 Å². The Balaban J connectivity index is 2.86. The quantitative estimate of drug-likeness (QED) is 0.822. The zero-order valence-electron chi connectivity index (χ0n) is 7.97. The third kappa shape index (κ3) is 3.27. The van der Waals surface area contributed by atoms with Crippen molar-refractivity contribution < 1.29 is 9.84 Å². The van der Waals surface area contributed by atoms with Gasteiger partial charge in [0.1, 0.15) is 17.1 Å². The van der Waals surface area contributed by atoms with Gasteiger partial charge in [-0.25, -0.2) is 0 Å². The minimum Gasteiger partial charge on any atom is -0.507 e. The van der Waals surface area contributed by atoms with Crippen LogP contribution in [0.25, 0.3) is 0 Å². The third-order valence-corrected chi connectivity index (χ3v) is 2.01. The van der Waals surface area contributed by atoms with Gasteiger partial charge in [-0.05, 0) is 48.8 Å². The zero-order valence-corrected chi connectivity index (χ0v) is 9.55. The van der Waals surface area contributed by atoms with Crippen LogP contribution in [0, 0.1) is 0 Å². The molecule has 1 rings (SSSR count). The maximum atomic E-state index is 9.37. The zero-order chi connectivity index (χ0) is 10.1. The van der Waals surface area contributed by atoms with Crippen LogP contribution in [0.5, 0.6) is 11.5 Å². The van der Waals surface area contributed by atoms with Gasteiger partial charge >= 0.3 is 0 Å². The molecule has 13 heavy (non-hydrogen) atoms. The highest BCUT2D eigenvalue weighted by Gasteiger charge is 2.12. The maximum Gasteiger partial charge on any atom is 0.133 e. The molecule has 2 nitrogen and oxygen atoms in total. The molecule has 0 fully saturated rings. The lowest BCUT2D eigenvalue weighted by Crippen LogP contribution is -2.22. The van der Waals surface area contributed by atoms with E-state index in [9.17, 15) is 5.11 Å². The fourth-order valence-corrected chi connectivity index (χ4v) is 1.16. The van der Waals surface area contributed by atoms with Crippen LogP contribution < -0.4 is 4.74 Å². The first-order valence-electron chi connectivity index (χ1n) is 4.06. The average molecular weight is 245 g/mol. The third-order valence-electron chi connectivity index (χ3n) is 1.34. The molecule has 3 heteroatoms. The van der Waals surface area contributed by atoms with Crippen molar-refractivity contribution in [1.82, 2.24) is 0 Å². The smallest absolute Gasteiger partial charge is 0.133 e. The van der Waals surface area contributed by atoms with Crippen LogP contribution in [-0.2, 0) is 0 Å². The van der Waals surface area contributed by atoms with Crippen molar-refractivity contribution in [2.75, 3.05) is 0 Å². The lowest BCUT2D eigenvalue weighted by molar-refractivity contribution is 0.130. The summed E-state index contributed by atoms with van der Waals surface area (Å²) in [6.07, 6.45) is 0. The van der Waals surface area contributed by atoms with Crippen LogP contribution in [0.3, 0.4) is 0 Å². The summed E-state index contributed by atoms with van der Waals surface area (Å²) in [5, 5.41) is 9.37. The monoisotopic (exact) mass is 244 g/mol. The fourth-order valence-electron chi connectivity index (χ4n) is 0.910. The molecule has 0 amide bonds. The molecule has 1 aromatic carbocycles. The number of hydrogen-bond acceptors (Lipinski definition) is 2. The van der Waals surface area contributed by atoms with E-state index in [-0.39, 0.29) is 11.4 Å². The van der Waals surface area contributed by atoms with Crippen LogP contribution in [0.4, 0.5) is 0 Å². The first-order valence-corrected chi connectivity index (χ1v) is 4.85. The van der Waals surface area contributed by atoms with E-state index in [1.165, 1.54) is 0 Å². The van der Waals surface area contributed by atoms with Gasteiger partial charge in [-0.1, -0.05) is 0 Å². The normalized spacial score (nSPS) is 11.4. The van der Waals surface area contributed by atoms with Gasteiger partial charge in [0.05, 0.1) is 4.47 Å². The van der Waals surface area contributed by atoms with Crippen LogP contribution in [-0.4, -0.2) is 10.7 Å². The second-order valence-electron chi connectivity index (χ2n) is 3.83. The average Bonchev–Trinajstić information content (AvgIpc) is 1.94. The van der Waals surface area contributed by atoms with Crippen molar-refractivity contribution in [2.45, 2.75) is 26.4 Å². The summed E-state index contributed by atoms with van der Waals surface area (Å²) in [6.45, 7) is 5.89. The SMILES string of the molecule is CC(C)(C)Oc1ccc(Br)c(O)c1. The van der Waals surface area contributed by atoms with Gasteiger partial charge in [-0.3, -0.25) is 0 Å². The number of halogens is 1. The first-order chi connectivity index (χ1) is 5.88. The standard InChI is InChI=1S/C10H13BrO2/c1-10(2,3)13-7-4-5-8(11)9(12)6-7/h4-6,12H,1-3H3. The van der Waals surface area contributed by atoms with E-state index in [1.807, 2.05) is 26.8 Å². The predicted molar refractivity (Wildman–Crippen MR) is 56.2 cm³/mol. The lowest BCUT2D eigenvalue weighted by atomic mass is 10.2. The summed E-state index contributed by atoms with van der Waals surface area (Å²) >= 11 is 3.20. The van der Waals surface area contributed by atoms with Crippen molar-refractivity contribution in [1.29, 1.82) is 0 Å². The molecule has 0 bridgehead atoms. The van der Waals surface area contributed by atoms with E-state index in [4.69, 9.17) is 4.74 Å². The number of rotatable bonds is 1. The summed E-state index contributed by atoms with van der Waals surface area (Å²) in [6, 6.07) is 5.17. The van der Waals surface area contributed by atoms with Crippen molar-refractivity contribution >= 4 is 15.9 Å². The van der Waals surface area contributed by atoms with Crippen LogP contribution in [0.2, 0.25) is 0 Å². The summed E-state index contributed by atoms with van der Waals surface area (Å²) in [5.74, 6) is 0.870. The van der Waals surface area contributed by atoms with Gasteiger partial charge in [0.15, 0.2) is 0 Å². The second-order valence-corrected chi connectivity index (χ2v) is 4.68. The van der Waals surface area contributed by atoms with E-state index in [2.05, 4.69) is 15.9 Å². The topological polar surface area (TPSA) is 29.5 Å². The van der Waals surface area contributed by atoms with Gasteiger partial charge in [0, 0.05) is 6.07 Å². The van der Waals surface area contributed by atoms with Gasteiger partial charge in [-0.15, -0.1) is 0 Å². The van der Waals surface area contributed by atoms with E-state index in [0.717, 1.165) is 0 Å². The van der Waals surface area contributed by atoms with Crippen molar-refractivity contribution in [2.24, 2.45) is 0 Å². The Morgan fingerprint density at radius 2 is 1.92 bits per heavy atom. The van der Waals surface area contributed by atoms with Crippen LogP contribution >= 0.6 is 15.9 Å². The fraction of sp³-hybridized carbons (Fsp3) is 0.400. The van der Waals surface area contributed by atoms with E-state index >= 15 is 0 Å². The van der Waals surface area contributed by atoms with E-state index in [0.29, 0.717) is 10.2 Å². The summed E-state index contributed by atoms with van der Waals surface area (Å²) in [5.41, 5.74) is -0.236. The number of phenolic OH excluding ortho intramolecular Hbond substituents is 1. The number of aromatic hydroxyl groups is 1. The molecule has 1 N–H and O–H groups in total. The highest BCUT2D eigenvalue weighted by molar-refractivity contribution is 9.10. The molecule has 0 spiro atoms. The summed E-state index contributed by atoms with van der Waals surface area (Å²) in [7, 11) is 0. The van der Waals surface area contributed by atoms with E-state index in [1.54, 1.807) is 12.1 Å². The lowest BCUT2D eigenvalue weighted by Gasteiger charge is -2.21. The number of ether oxygens (including phenoxy) is 1. The van der Waals surface area contributed by atoms with Gasteiger partial charge in [-0.2, -0.15) is 0 Å². The molecule has 0 atom stereocenters. The number of phenols is 1. The minimum absolute atomic E-state index is 0.196. The molecule has 0 heterocycles. The Kier molecular flexibility index (Phi) is 2.86. The van der Waals surface area contributed by atoms with Crippen molar-refractivity contribution in [3.05, 3.63) is 22.7 Å². The molecule has 1 aromatic rings. The molecule has 0 aliphatic carbocycles. The number of hydrogen-bond donors (Lipinski definition) is 1. The van der Waals surface area contributed by atoms with Crippen molar-refractivity contribution in [3.8, 4) is 11.5 Å². The molecule has 0 unspecified atom stereocenters. The minimum atomic E-state index is -0.236.